The summed E-state index contributed by atoms with van der Waals surface area (Å²) in [5.41, 5.74) is 1.45. The number of aromatic hydroxyl groups is 1. The van der Waals surface area contributed by atoms with Crippen LogP contribution in [0.3, 0.4) is 0 Å². The maximum Gasteiger partial charge on any atom is 0.573 e. The van der Waals surface area contributed by atoms with E-state index in [4.69, 9.17) is 9.47 Å². The van der Waals surface area contributed by atoms with Gasteiger partial charge in [-0.2, -0.15) is 0 Å². The lowest BCUT2D eigenvalue weighted by atomic mass is 9.94. The number of phenols is 1. The summed E-state index contributed by atoms with van der Waals surface area (Å²) in [6.45, 7) is 2.99. The van der Waals surface area contributed by atoms with Gasteiger partial charge in [0.2, 0.25) is 0 Å². The third-order valence-electron chi connectivity index (χ3n) is 4.75. The number of ether oxygens (including phenoxy) is 3. The number of alkyl halides is 3. The van der Waals surface area contributed by atoms with E-state index in [-0.39, 0.29) is 42.4 Å². The minimum absolute atomic E-state index is 0. The van der Waals surface area contributed by atoms with Crippen LogP contribution in [-0.2, 0) is 0 Å². The molecule has 1 saturated heterocycles. The maximum absolute atomic E-state index is 12.5. The van der Waals surface area contributed by atoms with E-state index in [0.717, 1.165) is 31.7 Å². The maximum atomic E-state index is 12.5. The molecule has 0 saturated carbocycles. The molecule has 1 aliphatic rings. The third kappa shape index (κ3) is 6.70. The van der Waals surface area contributed by atoms with Gasteiger partial charge in [0.1, 0.15) is 23.0 Å². The van der Waals surface area contributed by atoms with E-state index in [1.54, 1.807) is 12.1 Å². The molecule has 0 unspecified atom stereocenters. The summed E-state index contributed by atoms with van der Waals surface area (Å²) < 4.78 is 52.5. The standard InChI is InChI=1S/C20H23F3N2O4.2ClH/c1-27-16-11-14(26)12-17(28-2)18(16)19(25-9-7-24-8-10-25)13-3-5-15(6-4-13)29-20(21,22)23;;/h3-6,11-12,19,24,26H,7-10H2,1-2H3;2*1H/t19-;;/m0../s1. The number of nitrogens with zero attached hydrogens (tertiary/aromatic N) is 1. The number of rotatable bonds is 6. The molecule has 6 nitrogen and oxygen atoms in total. The van der Waals surface area contributed by atoms with Gasteiger partial charge in [-0.1, -0.05) is 12.1 Å². The highest BCUT2D eigenvalue weighted by Gasteiger charge is 2.32. The summed E-state index contributed by atoms with van der Waals surface area (Å²) in [6, 6.07) is 8.42. The van der Waals surface area contributed by atoms with Crippen molar-refractivity contribution in [2.24, 2.45) is 0 Å². The molecule has 1 heterocycles. The lowest BCUT2D eigenvalue weighted by Crippen LogP contribution is -2.45. The highest BCUT2D eigenvalue weighted by Crippen LogP contribution is 2.43. The molecular weight excluding hydrogens is 460 g/mol. The summed E-state index contributed by atoms with van der Waals surface area (Å²) in [4.78, 5) is 2.19. The molecule has 1 aliphatic heterocycles. The molecule has 1 fully saturated rings. The van der Waals surface area contributed by atoms with Crippen molar-refractivity contribution in [1.29, 1.82) is 0 Å². The summed E-state index contributed by atoms with van der Waals surface area (Å²) in [5.74, 6) is 0.572. The van der Waals surface area contributed by atoms with Gasteiger partial charge in [0.15, 0.2) is 0 Å². The second-order valence-electron chi connectivity index (χ2n) is 6.57. The number of hydrogen-bond acceptors (Lipinski definition) is 6. The van der Waals surface area contributed by atoms with Crippen molar-refractivity contribution in [1.82, 2.24) is 10.2 Å². The number of hydrogen-bond donors (Lipinski definition) is 2. The minimum Gasteiger partial charge on any atom is -0.508 e. The molecule has 0 aliphatic carbocycles. The Kier molecular flexibility index (Phi) is 10.0. The first-order chi connectivity index (χ1) is 13.8. The van der Waals surface area contributed by atoms with E-state index in [0.29, 0.717) is 17.1 Å². The number of benzene rings is 2. The largest absolute Gasteiger partial charge is 0.573 e. The molecule has 0 aromatic heterocycles. The molecule has 2 N–H and O–H groups in total. The highest BCUT2D eigenvalue weighted by molar-refractivity contribution is 5.85. The van der Waals surface area contributed by atoms with Crippen LogP contribution in [0.1, 0.15) is 17.2 Å². The van der Waals surface area contributed by atoms with E-state index in [1.165, 1.54) is 38.5 Å². The number of methoxy groups -OCH3 is 2. The van der Waals surface area contributed by atoms with E-state index in [1.807, 2.05) is 0 Å². The lowest BCUT2D eigenvalue weighted by Gasteiger charge is -2.36. The number of piperazine rings is 1. The topological polar surface area (TPSA) is 63.2 Å². The molecule has 0 bridgehead atoms. The van der Waals surface area contributed by atoms with Crippen molar-refractivity contribution in [2.45, 2.75) is 12.4 Å². The van der Waals surface area contributed by atoms with Crippen molar-refractivity contribution in [3.05, 3.63) is 47.5 Å². The molecule has 0 spiro atoms. The summed E-state index contributed by atoms with van der Waals surface area (Å²) in [5, 5.41) is 13.3. The van der Waals surface area contributed by atoms with Gasteiger partial charge in [0, 0.05) is 38.3 Å². The molecule has 1 atom stereocenters. The fraction of sp³-hybridized carbons (Fsp3) is 0.400. The quantitative estimate of drug-likeness (QED) is 0.642. The SMILES string of the molecule is COc1cc(O)cc(OC)c1[C@H](c1ccc(OC(F)(F)F)cc1)N1CCNCC1.Cl.Cl. The summed E-state index contributed by atoms with van der Waals surface area (Å²) in [7, 11) is 2.99. The Bertz CT molecular complexity index is 807. The Morgan fingerprint density at radius 2 is 1.48 bits per heavy atom. The molecule has 2 aromatic rings. The van der Waals surface area contributed by atoms with Gasteiger partial charge in [-0.05, 0) is 17.7 Å². The molecule has 31 heavy (non-hydrogen) atoms. The second kappa shape index (κ2) is 11.5. The molecule has 0 amide bonds. The van der Waals surface area contributed by atoms with E-state index < -0.39 is 6.36 Å². The number of halogens is 5. The van der Waals surface area contributed by atoms with Gasteiger partial charge in [-0.25, -0.2) is 0 Å². The number of nitrogens with one attached hydrogen (secondary N) is 1. The zero-order chi connectivity index (χ0) is 21.0. The Morgan fingerprint density at radius 1 is 0.968 bits per heavy atom. The van der Waals surface area contributed by atoms with Gasteiger partial charge < -0.3 is 24.6 Å². The molecule has 11 heteroatoms. The average molecular weight is 485 g/mol. The van der Waals surface area contributed by atoms with Crippen molar-refractivity contribution in [2.75, 3.05) is 40.4 Å². The van der Waals surface area contributed by atoms with E-state index in [9.17, 15) is 18.3 Å². The summed E-state index contributed by atoms with van der Waals surface area (Å²) in [6.07, 6.45) is -4.75. The fourth-order valence-corrected chi connectivity index (χ4v) is 3.55. The smallest absolute Gasteiger partial charge is 0.508 e. The first-order valence-corrected chi connectivity index (χ1v) is 9.07. The van der Waals surface area contributed by atoms with E-state index in [2.05, 4.69) is 15.0 Å². The van der Waals surface area contributed by atoms with Gasteiger partial charge in [-0.15, -0.1) is 38.0 Å². The Labute approximate surface area is 191 Å². The first-order valence-electron chi connectivity index (χ1n) is 9.07. The Morgan fingerprint density at radius 3 is 1.94 bits per heavy atom. The first kappa shape index (κ1) is 27.0. The van der Waals surface area contributed by atoms with Gasteiger partial charge >= 0.3 is 6.36 Å². The molecule has 3 rings (SSSR count). The van der Waals surface area contributed by atoms with Gasteiger partial charge in [-0.3, -0.25) is 4.90 Å². The Balaban J connectivity index is 0.00000240. The second-order valence-corrected chi connectivity index (χ2v) is 6.57. The highest BCUT2D eigenvalue weighted by atomic mass is 35.5. The van der Waals surface area contributed by atoms with Crippen LogP contribution in [-0.4, -0.2) is 56.8 Å². The summed E-state index contributed by atoms with van der Waals surface area (Å²) >= 11 is 0. The van der Waals surface area contributed by atoms with Crippen LogP contribution in [0.5, 0.6) is 23.0 Å². The predicted octanol–water partition coefficient (Wildman–Crippen LogP) is 4.15. The zero-order valence-electron chi connectivity index (χ0n) is 16.9. The van der Waals surface area contributed by atoms with Crippen molar-refractivity contribution in [3.63, 3.8) is 0 Å². The number of phenolic OH excluding ortho intramolecular Hbond substituents is 1. The Hall–Kier alpha value is -2.07. The van der Waals surface area contributed by atoms with Gasteiger partial charge in [0.05, 0.1) is 25.8 Å². The van der Waals surface area contributed by atoms with Crippen LogP contribution in [0.2, 0.25) is 0 Å². The van der Waals surface area contributed by atoms with Crippen molar-refractivity contribution in [3.8, 4) is 23.0 Å². The van der Waals surface area contributed by atoms with Crippen LogP contribution in [0.4, 0.5) is 13.2 Å². The predicted molar refractivity (Wildman–Crippen MR) is 115 cm³/mol. The average Bonchev–Trinajstić information content (AvgIpc) is 2.69. The van der Waals surface area contributed by atoms with Crippen LogP contribution in [0, 0.1) is 0 Å². The monoisotopic (exact) mass is 484 g/mol. The lowest BCUT2D eigenvalue weighted by molar-refractivity contribution is -0.274. The van der Waals surface area contributed by atoms with Crippen LogP contribution < -0.4 is 19.5 Å². The van der Waals surface area contributed by atoms with Crippen molar-refractivity contribution >= 4 is 24.8 Å². The van der Waals surface area contributed by atoms with E-state index >= 15 is 0 Å². The molecule has 2 aromatic carbocycles. The van der Waals surface area contributed by atoms with Crippen molar-refractivity contribution < 1.29 is 32.5 Å². The third-order valence-corrected chi connectivity index (χ3v) is 4.75. The molecule has 174 valence electrons. The normalized spacial score (nSPS) is 15.3. The fourth-order valence-electron chi connectivity index (χ4n) is 3.55. The van der Waals surface area contributed by atoms with Crippen LogP contribution >= 0.6 is 24.8 Å². The van der Waals surface area contributed by atoms with Crippen LogP contribution in [0.25, 0.3) is 0 Å². The van der Waals surface area contributed by atoms with Gasteiger partial charge in [0.25, 0.3) is 0 Å². The minimum atomic E-state index is -4.75. The molecule has 0 radical (unpaired) electrons. The molecular formula is C20H25Cl2F3N2O4. The zero-order valence-corrected chi connectivity index (χ0v) is 18.6. The van der Waals surface area contributed by atoms with Crippen LogP contribution in [0.15, 0.2) is 36.4 Å².